The monoisotopic (exact) mass is 240 g/mol. The zero-order chi connectivity index (χ0) is 12.3. The maximum absolute atomic E-state index is 12.2. The molecule has 0 bridgehead atoms. The molecule has 16 heavy (non-hydrogen) atoms. The van der Waals surface area contributed by atoms with E-state index in [1.54, 1.807) is 6.07 Å². The Morgan fingerprint density at radius 2 is 2.19 bits per heavy atom. The first-order chi connectivity index (χ1) is 7.47. The summed E-state index contributed by atoms with van der Waals surface area (Å²) in [5, 5.41) is 0. The lowest BCUT2D eigenvalue weighted by Crippen LogP contribution is -2.37. The molecule has 1 amide bonds. The van der Waals surface area contributed by atoms with Crippen LogP contribution in [0.5, 0.6) is 0 Å². The van der Waals surface area contributed by atoms with Crippen LogP contribution in [-0.2, 0) is 0 Å². The molecule has 1 rings (SSSR count). The number of nitrogens with two attached hydrogens (primary N) is 1. The van der Waals surface area contributed by atoms with Crippen molar-refractivity contribution in [3.05, 3.63) is 15.8 Å². The highest BCUT2D eigenvalue weighted by Gasteiger charge is 2.20. The lowest BCUT2D eigenvalue weighted by molar-refractivity contribution is 0.0711. The minimum atomic E-state index is 0.0988. The van der Waals surface area contributed by atoms with E-state index in [0.717, 1.165) is 22.7 Å². The van der Waals surface area contributed by atoms with Gasteiger partial charge in [-0.15, -0.1) is 11.3 Å². The lowest BCUT2D eigenvalue weighted by atomic mass is 10.2. The molecule has 1 aromatic rings. The predicted molar refractivity (Wildman–Crippen MR) is 69.9 cm³/mol. The van der Waals surface area contributed by atoms with Gasteiger partial charge in [0.05, 0.1) is 4.88 Å². The maximum atomic E-state index is 12.2. The molecule has 1 heterocycles. The number of hydrogen-bond donors (Lipinski definition) is 1. The standard InChI is InChI=1S/C12H20N2OS/c1-5-6-14(8(2)3)12(15)11-7-10(13)9(4)16-11/h7-8H,5-6,13H2,1-4H3. The van der Waals surface area contributed by atoms with E-state index in [2.05, 4.69) is 6.92 Å². The molecule has 0 aliphatic heterocycles. The number of thiophene rings is 1. The van der Waals surface area contributed by atoms with Crippen LogP contribution < -0.4 is 5.73 Å². The number of nitrogens with zero attached hydrogens (tertiary/aromatic N) is 1. The fourth-order valence-corrected chi connectivity index (χ4v) is 2.48. The van der Waals surface area contributed by atoms with E-state index in [9.17, 15) is 4.79 Å². The number of amides is 1. The Bertz CT molecular complexity index is 352. The predicted octanol–water partition coefficient (Wildman–Crippen LogP) is 2.90. The van der Waals surface area contributed by atoms with Crippen LogP contribution in [0.4, 0.5) is 5.69 Å². The minimum Gasteiger partial charge on any atom is -0.398 e. The van der Waals surface area contributed by atoms with Crippen molar-refractivity contribution in [3.63, 3.8) is 0 Å². The zero-order valence-electron chi connectivity index (χ0n) is 10.4. The molecule has 0 atom stereocenters. The van der Waals surface area contributed by atoms with Gasteiger partial charge in [0.25, 0.3) is 5.91 Å². The van der Waals surface area contributed by atoms with E-state index >= 15 is 0 Å². The molecule has 0 aliphatic carbocycles. The third kappa shape index (κ3) is 2.76. The van der Waals surface area contributed by atoms with Crippen molar-refractivity contribution in [3.8, 4) is 0 Å². The van der Waals surface area contributed by atoms with Gasteiger partial charge in [0.15, 0.2) is 0 Å². The van der Waals surface area contributed by atoms with E-state index in [1.165, 1.54) is 11.3 Å². The average Bonchev–Trinajstić information content (AvgIpc) is 2.54. The summed E-state index contributed by atoms with van der Waals surface area (Å²) in [6, 6.07) is 2.02. The van der Waals surface area contributed by atoms with Gasteiger partial charge in [0, 0.05) is 23.2 Å². The molecule has 4 heteroatoms. The SMILES string of the molecule is CCCN(C(=O)c1cc(N)c(C)s1)C(C)C. The smallest absolute Gasteiger partial charge is 0.264 e. The topological polar surface area (TPSA) is 46.3 Å². The molecule has 0 fully saturated rings. The van der Waals surface area contributed by atoms with E-state index < -0.39 is 0 Å². The van der Waals surface area contributed by atoms with Gasteiger partial charge in [0.1, 0.15) is 0 Å². The number of anilines is 1. The molecule has 90 valence electrons. The van der Waals surface area contributed by atoms with Crippen molar-refractivity contribution in [2.75, 3.05) is 12.3 Å². The van der Waals surface area contributed by atoms with Crippen LogP contribution in [0.3, 0.4) is 0 Å². The molecular weight excluding hydrogens is 220 g/mol. The normalized spacial score (nSPS) is 10.8. The highest BCUT2D eigenvalue weighted by atomic mass is 32.1. The second-order valence-electron chi connectivity index (χ2n) is 4.21. The number of carbonyl (C=O) groups is 1. The second kappa shape index (κ2) is 5.34. The van der Waals surface area contributed by atoms with Crippen LogP contribution in [-0.4, -0.2) is 23.4 Å². The van der Waals surface area contributed by atoms with Gasteiger partial charge in [0.2, 0.25) is 0 Å². The highest BCUT2D eigenvalue weighted by Crippen LogP contribution is 2.25. The first-order valence-corrected chi connectivity index (χ1v) is 6.45. The van der Waals surface area contributed by atoms with E-state index in [0.29, 0.717) is 5.69 Å². The molecule has 0 unspecified atom stereocenters. The Kier molecular flexibility index (Phi) is 4.35. The Morgan fingerprint density at radius 3 is 2.56 bits per heavy atom. The van der Waals surface area contributed by atoms with Gasteiger partial charge in [-0.25, -0.2) is 0 Å². The molecule has 0 aliphatic rings. The summed E-state index contributed by atoms with van der Waals surface area (Å²) in [5.74, 6) is 0.0988. The van der Waals surface area contributed by atoms with Crippen LogP contribution in [0.2, 0.25) is 0 Å². The van der Waals surface area contributed by atoms with Gasteiger partial charge in [-0.2, -0.15) is 0 Å². The van der Waals surface area contributed by atoms with Crippen molar-refractivity contribution < 1.29 is 4.79 Å². The fraction of sp³-hybridized carbons (Fsp3) is 0.583. The average molecular weight is 240 g/mol. The highest BCUT2D eigenvalue weighted by molar-refractivity contribution is 7.14. The van der Waals surface area contributed by atoms with E-state index in [1.807, 2.05) is 25.7 Å². The number of nitrogen functional groups attached to an aromatic ring is 1. The van der Waals surface area contributed by atoms with Crippen LogP contribution in [0.25, 0.3) is 0 Å². The zero-order valence-corrected chi connectivity index (χ0v) is 11.2. The van der Waals surface area contributed by atoms with Crippen LogP contribution >= 0.6 is 11.3 Å². The van der Waals surface area contributed by atoms with Crippen molar-refractivity contribution in [1.82, 2.24) is 4.90 Å². The molecule has 0 saturated carbocycles. The van der Waals surface area contributed by atoms with Crippen molar-refractivity contribution in [2.24, 2.45) is 0 Å². The quantitative estimate of drug-likeness (QED) is 0.879. The van der Waals surface area contributed by atoms with Crippen LogP contribution in [0, 0.1) is 6.92 Å². The van der Waals surface area contributed by atoms with Gasteiger partial charge < -0.3 is 10.6 Å². The van der Waals surface area contributed by atoms with Gasteiger partial charge in [-0.05, 0) is 33.3 Å². The van der Waals surface area contributed by atoms with Gasteiger partial charge in [-0.1, -0.05) is 6.92 Å². The van der Waals surface area contributed by atoms with Crippen molar-refractivity contribution >= 4 is 22.9 Å². The summed E-state index contributed by atoms with van der Waals surface area (Å²) in [5.41, 5.74) is 6.48. The summed E-state index contributed by atoms with van der Waals surface area (Å²) < 4.78 is 0. The van der Waals surface area contributed by atoms with Gasteiger partial charge >= 0.3 is 0 Å². The third-order valence-corrected chi connectivity index (χ3v) is 3.57. The summed E-state index contributed by atoms with van der Waals surface area (Å²) in [6.07, 6.45) is 0.976. The molecule has 2 N–H and O–H groups in total. The summed E-state index contributed by atoms with van der Waals surface area (Å²) in [4.78, 5) is 15.9. The molecule has 3 nitrogen and oxygen atoms in total. The summed E-state index contributed by atoms with van der Waals surface area (Å²) in [7, 11) is 0. The summed E-state index contributed by atoms with van der Waals surface area (Å²) in [6.45, 7) is 8.90. The fourth-order valence-electron chi connectivity index (χ4n) is 1.58. The Balaban J connectivity index is 2.90. The Morgan fingerprint density at radius 1 is 1.56 bits per heavy atom. The Labute approximate surface area is 101 Å². The molecule has 0 aromatic carbocycles. The number of carbonyl (C=O) groups excluding carboxylic acids is 1. The van der Waals surface area contributed by atoms with Crippen molar-refractivity contribution in [1.29, 1.82) is 0 Å². The minimum absolute atomic E-state index is 0.0988. The number of hydrogen-bond acceptors (Lipinski definition) is 3. The third-order valence-electron chi connectivity index (χ3n) is 2.52. The molecule has 0 saturated heterocycles. The largest absolute Gasteiger partial charge is 0.398 e. The lowest BCUT2D eigenvalue weighted by Gasteiger charge is -2.25. The molecule has 1 aromatic heterocycles. The first kappa shape index (κ1) is 13.0. The second-order valence-corrected chi connectivity index (χ2v) is 5.47. The molecule has 0 radical (unpaired) electrons. The van der Waals surface area contributed by atoms with E-state index in [-0.39, 0.29) is 11.9 Å². The number of rotatable bonds is 4. The first-order valence-electron chi connectivity index (χ1n) is 5.64. The molecular formula is C12H20N2OS. The Hall–Kier alpha value is -1.03. The maximum Gasteiger partial charge on any atom is 0.264 e. The summed E-state index contributed by atoms with van der Waals surface area (Å²) >= 11 is 1.48. The van der Waals surface area contributed by atoms with E-state index in [4.69, 9.17) is 5.73 Å². The molecule has 0 spiro atoms. The van der Waals surface area contributed by atoms with Gasteiger partial charge in [-0.3, -0.25) is 4.79 Å². The van der Waals surface area contributed by atoms with Crippen LogP contribution in [0.1, 0.15) is 41.7 Å². The van der Waals surface area contributed by atoms with Crippen molar-refractivity contribution in [2.45, 2.75) is 40.2 Å². The number of aryl methyl sites for hydroxylation is 1. The van der Waals surface area contributed by atoms with Crippen LogP contribution in [0.15, 0.2) is 6.07 Å².